The number of carbonyl (C=O) groups excluding carboxylic acids is 1. The Balaban J connectivity index is 1.12. The van der Waals surface area contributed by atoms with E-state index < -0.39 is 0 Å². The van der Waals surface area contributed by atoms with Crippen LogP contribution in [0.3, 0.4) is 0 Å². The van der Waals surface area contributed by atoms with Crippen LogP contribution in [0.15, 0.2) is 71.7 Å². The molecule has 5 aromatic rings. The topological polar surface area (TPSA) is 90.9 Å². The number of fused-ring (bicyclic) bond motifs is 1. The second-order valence-corrected chi connectivity index (χ2v) is 10.4. The van der Waals surface area contributed by atoms with Crippen LogP contribution in [0, 0.1) is 0 Å². The van der Waals surface area contributed by atoms with Gasteiger partial charge in [-0.3, -0.25) is 9.89 Å². The lowest BCUT2D eigenvalue weighted by molar-refractivity contribution is 0.102. The van der Waals surface area contributed by atoms with Gasteiger partial charge in [0.2, 0.25) is 0 Å². The van der Waals surface area contributed by atoms with Crippen LogP contribution < -0.4 is 10.6 Å². The first-order valence-corrected chi connectivity index (χ1v) is 13.4. The number of imidazole rings is 1. The van der Waals surface area contributed by atoms with Gasteiger partial charge in [0, 0.05) is 35.5 Å². The van der Waals surface area contributed by atoms with Crippen molar-refractivity contribution in [2.24, 2.45) is 0 Å². The summed E-state index contributed by atoms with van der Waals surface area (Å²) < 4.78 is 2.14. The minimum absolute atomic E-state index is 0.187. The molecule has 0 aliphatic carbocycles. The van der Waals surface area contributed by atoms with Crippen LogP contribution in [0.25, 0.3) is 22.3 Å². The molecule has 0 unspecified atom stereocenters. The van der Waals surface area contributed by atoms with E-state index in [1.165, 1.54) is 5.56 Å². The third-order valence-corrected chi connectivity index (χ3v) is 7.65. The number of hydrogen-bond acceptors (Lipinski definition) is 6. The van der Waals surface area contributed by atoms with Crippen molar-refractivity contribution in [2.75, 3.05) is 30.8 Å². The summed E-state index contributed by atoms with van der Waals surface area (Å²) in [7, 11) is 2.16. The molecular formula is C28H29N7OS. The number of aromatic nitrogens is 4. The standard InChI is InChI=1S/C28H29N7OS/c1-34-11-8-23(9-12-34)30-22-5-2-20(3-6-22)28(36)31-27-15-25(32-33-27)21-4-7-24-26(14-21)35(18-29-24)16-19-10-13-37-17-19/h2-7,10,13-15,17-18,23,30H,8-9,11-12,16H2,1H3,(H2,31,32,33,36). The average molecular weight is 512 g/mol. The second-order valence-electron chi connectivity index (χ2n) is 9.63. The van der Waals surface area contributed by atoms with Gasteiger partial charge in [0.15, 0.2) is 5.82 Å². The Labute approximate surface area is 219 Å². The first kappa shape index (κ1) is 23.4. The molecule has 3 N–H and O–H groups in total. The van der Waals surface area contributed by atoms with Crippen molar-refractivity contribution in [2.45, 2.75) is 25.4 Å². The zero-order valence-corrected chi connectivity index (χ0v) is 21.5. The molecule has 2 aromatic carbocycles. The molecule has 0 bridgehead atoms. The van der Waals surface area contributed by atoms with Crippen molar-refractivity contribution in [1.82, 2.24) is 24.6 Å². The summed E-state index contributed by atoms with van der Waals surface area (Å²) >= 11 is 1.69. The Morgan fingerprint density at radius 1 is 1.11 bits per heavy atom. The van der Waals surface area contributed by atoms with Crippen molar-refractivity contribution in [3.05, 3.63) is 82.8 Å². The number of piperidine rings is 1. The number of H-pyrrole nitrogens is 1. The third-order valence-electron chi connectivity index (χ3n) is 6.92. The smallest absolute Gasteiger partial charge is 0.256 e. The molecular weight excluding hydrogens is 482 g/mol. The molecule has 8 nitrogen and oxygen atoms in total. The number of aromatic amines is 1. The number of hydrogen-bond donors (Lipinski definition) is 3. The second kappa shape index (κ2) is 10.2. The molecule has 1 amide bonds. The SMILES string of the molecule is CN1CCC(Nc2ccc(C(=O)Nc3cc(-c4ccc5ncn(Cc6ccsc6)c5c4)[nH]n3)cc2)CC1. The van der Waals surface area contributed by atoms with Crippen molar-refractivity contribution in [1.29, 1.82) is 0 Å². The fraction of sp³-hybridized carbons (Fsp3) is 0.250. The van der Waals surface area contributed by atoms with E-state index in [9.17, 15) is 4.79 Å². The fourth-order valence-electron chi connectivity index (χ4n) is 4.76. The van der Waals surface area contributed by atoms with Crippen molar-refractivity contribution in [3.8, 4) is 11.3 Å². The zero-order chi connectivity index (χ0) is 25.2. The van der Waals surface area contributed by atoms with Gasteiger partial charge >= 0.3 is 0 Å². The van der Waals surface area contributed by atoms with Crippen LogP contribution >= 0.6 is 11.3 Å². The molecule has 6 rings (SSSR count). The van der Waals surface area contributed by atoms with Crippen LogP contribution in [-0.4, -0.2) is 56.7 Å². The first-order chi connectivity index (χ1) is 18.1. The van der Waals surface area contributed by atoms with E-state index in [0.29, 0.717) is 17.4 Å². The van der Waals surface area contributed by atoms with E-state index >= 15 is 0 Å². The number of anilines is 2. The first-order valence-electron chi connectivity index (χ1n) is 12.5. The Morgan fingerprint density at radius 3 is 2.73 bits per heavy atom. The average Bonchev–Trinajstić information content (AvgIpc) is 3.68. The molecule has 0 atom stereocenters. The number of benzene rings is 2. The number of rotatable bonds is 7. The summed E-state index contributed by atoms with van der Waals surface area (Å²) in [5, 5.41) is 18.1. The largest absolute Gasteiger partial charge is 0.382 e. The highest BCUT2D eigenvalue weighted by atomic mass is 32.1. The number of nitrogens with zero attached hydrogens (tertiary/aromatic N) is 4. The van der Waals surface area contributed by atoms with Gasteiger partial charge in [0.25, 0.3) is 5.91 Å². The van der Waals surface area contributed by atoms with Crippen LogP contribution in [0.2, 0.25) is 0 Å². The van der Waals surface area contributed by atoms with E-state index in [1.54, 1.807) is 11.3 Å². The Hall–Kier alpha value is -3.95. The number of amides is 1. The lowest BCUT2D eigenvalue weighted by Gasteiger charge is -2.30. The molecule has 1 saturated heterocycles. The number of nitrogens with one attached hydrogen (secondary N) is 3. The summed E-state index contributed by atoms with van der Waals surface area (Å²) in [6.07, 6.45) is 4.13. The summed E-state index contributed by atoms with van der Waals surface area (Å²) in [6.45, 7) is 2.99. The van der Waals surface area contributed by atoms with Crippen LogP contribution in [0.1, 0.15) is 28.8 Å². The Bertz CT molecular complexity index is 1500. The number of thiophene rings is 1. The summed E-state index contributed by atoms with van der Waals surface area (Å²) in [6, 6.07) is 18.2. The molecule has 0 spiro atoms. The van der Waals surface area contributed by atoms with E-state index in [-0.39, 0.29) is 5.91 Å². The van der Waals surface area contributed by atoms with Gasteiger partial charge in [-0.15, -0.1) is 0 Å². The molecule has 3 aromatic heterocycles. The third kappa shape index (κ3) is 5.28. The van der Waals surface area contributed by atoms with Crippen LogP contribution in [0.5, 0.6) is 0 Å². The molecule has 0 saturated carbocycles. The fourth-order valence-corrected chi connectivity index (χ4v) is 5.42. The molecule has 4 heterocycles. The van der Waals surface area contributed by atoms with Gasteiger partial charge in [0.1, 0.15) is 0 Å². The van der Waals surface area contributed by atoms with Crippen molar-refractivity contribution in [3.63, 3.8) is 0 Å². The maximum Gasteiger partial charge on any atom is 0.256 e. The summed E-state index contributed by atoms with van der Waals surface area (Å²) in [5.41, 5.74) is 6.71. The van der Waals surface area contributed by atoms with Crippen LogP contribution in [-0.2, 0) is 6.54 Å². The quantitative estimate of drug-likeness (QED) is 0.276. The van der Waals surface area contributed by atoms with Gasteiger partial charge in [-0.05, 0) is 91.8 Å². The lowest BCUT2D eigenvalue weighted by atomic mass is 10.0. The lowest BCUT2D eigenvalue weighted by Crippen LogP contribution is -2.36. The monoisotopic (exact) mass is 511 g/mol. The molecule has 0 radical (unpaired) electrons. The van der Waals surface area contributed by atoms with Gasteiger partial charge in [-0.1, -0.05) is 6.07 Å². The zero-order valence-electron chi connectivity index (χ0n) is 20.6. The van der Waals surface area contributed by atoms with Gasteiger partial charge in [0.05, 0.1) is 23.1 Å². The van der Waals surface area contributed by atoms with E-state index in [1.807, 2.05) is 48.8 Å². The maximum absolute atomic E-state index is 12.8. The summed E-state index contributed by atoms with van der Waals surface area (Å²) in [4.78, 5) is 19.7. The van der Waals surface area contributed by atoms with E-state index in [2.05, 4.69) is 65.2 Å². The molecule has 37 heavy (non-hydrogen) atoms. The minimum atomic E-state index is -0.187. The van der Waals surface area contributed by atoms with Gasteiger partial charge in [-0.2, -0.15) is 16.4 Å². The molecule has 1 aliphatic heterocycles. The molecule has 9 heteroatoms. The highest BCUT2D eigenvalue weighted by Gasteiger charge is 2.17. The van der Waals surface area contributed by atoms with Crippen molar-refractivity contribution < 1.29 is 4.79 Å². The molecule has 188 valence electrons. The predicted molar refractivity (Wildman–Crippen MR) is 149 cm³/mol. The Kier molecular flexibility index (Phi) is 6.46. The van der Waals surface area contributed by atoms with Gasteiger partial charge in [-0.25, -0.2) is 4.98 Å². The Morgan fingerprint density at radius 2 is 1.95 bits per heavy atom. The van der Waals surface area contributed by atoms with Gasteiger partial charge < -0.3 is 20.1 Å². The highest BCUT2D eigenvalue weighted by Crippen LogP contribution is 2.25. The number of likely N-dealkylation sites (tertiary alicyclic amines) is 1. The summed E-state index contributed by atoms with van der Waals surface area (Å²) in [5.74, 6) is 0.300. The van der Waals surface area contributed by atoms with Crippen molar-refractivity contribution >= 4 is 39.8 Å². The maximum atomic E-state index is 12.8. The number of carbonyl (C=O) groups is 1. The molecule has 1 fully saturated rings. The normalized spacial score (nSPS) is 14.7. The molecule has 1 aliphatic rings. The minimum Gasteiger partial charge on any atom is -0.382 e. The highest BCUT2D eigenvalue weighted by molar-refractivity contribution is 7.07. The van der Waals surface area contributed by atoms with E-state index in [4.69, 9.17) is 0 Å². The predicted octanol–water partition coefficient (Wildman–Crippen LogP) is 5.29. The van der Waals surface area contributed by atoms with E-state index in [0.717, 1.165) is 60.5 Å². The van der Waals surface area contributed by atoms with Crippen LogP contribution in [0.4, 0.5) is 11.5 Å².